The third kappa shape index (κ3) is 4.88. The molecular formula is C12H13F3N2O3. The van der Waals surface area contributed by atoms with E-state index in [1.165, 1.54) is 0 Å². The van der Waals surface area contributed by atoms with E-state index in [-0.39, 0.29) is 25.3 Å². The lowest BCUT2D eigenvalue weighted by atomic mass is 10.1. The number of carbonyl (C=O) groups is 2. The minimum Gasteiger partial charge on any atom is -0.395 e. The fourth-order valence-corrected chi connectivity index (χ4v) is 1.33. The van der Waals surface area contributed by atoms with Gasteiger partial charge in [0.25, 0.3) is 5.91 Å². The molecule has 0 radical (unpaired) electrons. The molecular weight excluding hydrogens is 277 g/mol. The fraction of sp³-hybridized carbons (Fsp3) is 0.333. The molecule has 0 aromatic heterocycles. The average molecular weight is 290 g/mol. The highest BCUT2D eigenvalue weighted by Gasteiger charge is 2.30. The topological polar surface area (TPSA) is 78.4 Å². The van der Waals surface area contributed by atoms with Crippen LogP contribution in [0.1, 0.15) is 15.9 Å². The maximum absolute atomic E-state index is 12.3. The second kappa shape index (κ2) is 6.90. The van der Waals surface area contributed by atoms with Gasteiger partial charge in [0.15, 0.2) is 0 Å². The lowest BCUT2D eigenvalue weighted by molar-refractivity contribution is -0.137. The van der Waals surface area contributed by atoms with Crippen molar-refractivity contribution in [3.8, 4) is 0 Å². The van der Waals surface area contributed by atoms with Crippen molar-refractivity contribution in [3.05, 3.63) is 35.4 Å². The standard InChI is InChI=1S/C12H13F3N2O3/c13-12(14,15)9-3-1-8(2-4-9)11(20)17-7-10(19)16-5-6-18/h1-4,18H,5-7H2,(H,16,19)(H,17,20). The molecule has 3 N–H and O–H groups in total. The third-order valence-electron chi connectivity index (χ3n) is 2.32. The first-order chi connectivity index (χ1) is 9.34. The van der Waals surface area contributed by atoms with Gasteiger partial charge in [-0.1, -0.05) is 0 Å². The molecule has 110 valence electrons. The highest BCUT2D eigenvalue weighted by Crippen LogP contribution is 2.28. The van der Waals surface area contributed by atoms with Crippen molar-refractivity contribution in [3.63, 3.8) is 0 Å². The van der Waals surface area contributed by atoms with Crippen LogP contribution >= 0.6 is 0 Å². The van der Waals surface area contributed by atoms with Crippen LogP contribution in [-0.2, 0) is 11.0 Å². The van der Waals surface area contributed by atoms with Crippen LogP contribution < -0.4 is 10.6 Å². The van der Waals surface area contributed by atoms with Crippen LogP contribution in [0.2, 0.25) is 0 Å². The number of aliphatic hydroxyl groups is 1. The quantitative estimate of drug-likeness (QED) is 0.741. The number of hydrogen-bond donors (Lipinski definition) is 3. The smallest absolute Gasteiger partial charge is 0.395 e. The van der Waals surface area contributed by atoms with Crippen molar-refractivity contribution < 1.29 is 27.9 Å². The molecule has 2 amide bonds. The van der Waals surface area contributed by atoms with E-state index in [0.717, 1.165) is 24.3 Å². The van der Waals surface area contributed by atoms with Gasteiger partial charge in [-0.25, -0.2) is 0 Å². The lowest BCUT2D eigenvalue weighted by Crippen LogP contribution is -2.37. The van der Waals surface area contributed by atoms with Crippen LogP contribution in [0.3, 0.4) is 0 Å². The number of alkyl halides is 3. The molecule has 0 aliphatic carbocycles. The molecule has 0 aliphatic rings. The molecule has 0 aliphatic heterocycles. The maximum atomic E-state index is 12.3. The molecule has 0 atom stereocenters. The second-order valence-electron chi connectivity index (χ2n) is 3.83. The summed E-state index contributed by atoms with van der Waals surface area (Å²) in [5, 5.41) is 13.0. The Bertz CT molecular complexity index is 472. The Morgan fingerprint density at radius 1 is 1.10 bits per heavy atom. The number of hydrogen-bond acceptors (Lipinski definition) is 3. The average Bonchev–Trinajstić information content (AvgIpc) is 2.41. The summed E-state index contributed by atoms with van der Waals surface area (Å²) in [5.41, 5.74) is -0.831. The van der Waals surface area contributed by atoms with Gasteiger partial charge in [-0.2, -0.15) is 13.2 Å². The molecule has 0 unspecified atom stereocenters. The first kappa shape index (κ1) is 16.0. The van der Waals surface area contributed by atoms with Crippen LogP contribution in [0.4, 0.5) is 13.2 Å². The summed E-state index contributed by atoms with van der Waals surface area (Å²) in [6.45, 7) is -0.479. The van der Waals surface area contributed by atoms with Crippen LogP contribution in [0.5, 0.6) is 0 Å². The number of halogens is 3. The van der Waals surface area contributed by atoms with Gasteiger partial charge < -0.3 is 15.7 Å². The third-order valence-corrected chi connectivity index (χ3v) is 2.32. The highest BCUT2D eigenvalue weighted by molar-refractivity contribution is 5.96. The van der Waals surface area contributed by atoms with E-state index in [0.29, 0.717) is 0 Å². The summed E-state index contributed by atoms with van der Waals surface area (Å²) in [6.07, 6.45) is -4.46. The fourth-order valence-electron chi connectivity index (χ4n) is 1.33. The SMILES string of the molecule is O=C(CNC(=O)c1ccc(C(F)(F)F)cc1)NCCO. The molecule has 0 fully saturated rings. The summed E-state index contributed by atoms with van der Waals surface area (Å²) in [5.74, 6) is -1.16. The van der Waals surface area contributed by atoms with Crippen molar-refractivity contribution in [2.24, 2.45) is 0 Å². The minimum atomic E-state index is -4.46. The summed E-state index contributed by atoms with van der Waals surface area (Å²) in [4.78, 5) is 22.7. The molecule has 1 aromatic rings. The van der Waals surface area contributed by atoms with Crippen molar-refractivity contribution in [1.29, 1.82) is 0 Å². The summed E-state index contributed by atoms with van der Waals surface area (Å²) < 4.78 is 37.0. The van der Waals surface area contributed by atoms with Crippen molar-refractivity contribution in [2.45, 2.75) is 6.18 Å². The van der Waals surface area contributed by atoms with E-state index in [1.54, 1.807) is 0 Å². The normalized spacial score (nSPS) is 11.0. The lowest BCUT2D eigenvalue weighted by Gasteiger charge is -2.08. The van der Waals surface area contributed by atoms with E-state index in [9.17, 15) is 22.8 Å². The van der Waals surface area contributed by atoms with E-state index in [2.05, 4.69) is 10.6 Å². The van der Waals surface area contributed by atoms with E-state index >= 15 is 0 Å². The molecule has 0 heterocycles. The van der Waals surface area contributed by atoms with Gasteiger partial charge in [-0.3, -0.25) is 9.59 Å². The number of rotatable bonds is 5. The molecule has 8 heteroatoms. The first-order valence-corrected chi connectivity index (χ1v) is 5.67. The number of benzene rings is 1. The van der Waals surface area contributed by atoms with Gasteiger partial charge in [0.1, 0.15) is 0 Å². The Morgan fingerprint density at radius 2 is 1.70 bits per heavy atom. The van der Waals surface area contributed by atoms with Gasteiger partial charge in [-0.05, 0) is 24.3 Å². The zero-order chi connectivity index (χ0) is 15.2. The Kier molecular flexibility index (Phi) is 5.51. The van der Waals surface area contributed by atoms with Gasteiger partial charge in [0.05, 0.1) is 18.7 Å². The molecule has 0 spiro atoms. The van der Waals surface area contributed by atoms with E-state index < -0.39 is 23.6 Å². The predicted molar refractivity (Wildman–Crippen MR) is 63.9 cm³/mol. The Balaban J connectivity index is 2.54. The first-order valence-electron chi connectivity index (χ1n) is 5.67. The largest absolute Gasteiger partial charge is 0.416 e. The predicted octanol–water partition coefficient (Wildman–Crippen LogP) is 0.544. The number of aliphatic hydroxyl groups excluding tert-OH is 1. The van der Waals surface area contributed by atoms with Crippen LogP contribution in [0.25, 0.3) is 0 Å². The van der Waals surface area contributed by atoms with Crippen LogP contribution in [-0.4, -0.2) is 36.6 Å². The summed E-state index contributed by atoms with van der Waals surface area (Å²) >= 11 is 0. The number of nitrogens with one attached hydrogen (secondary N) is 2. The highest BCUT2D eigenvalue weighted by atomic mass is 19.4. The monoisotopic (exact) mass is 290 g/mol. The van der Waals surface area contributed by atoms with E-state index in [1.807, 2.05) is 0 Å². The maximum Gasteiger partial charge on any atom is 0.416 e. The molecule has 0 bridgehead atoms. The second-order valence-corrected chi connectivity index (χ2v) is 3.83. The number of carbonyl (C=O) groups excluding carboxylic acids is 2. The van der Waals surface area contributed by atoms with E-state index in [4.69, 9.17) is 5.11 Å². The molecule has 1 rings (SSSR count). The Hall–Kier alpha value is -2.09. The van der Waals surface area contributed by atoms with Gasteiger partial charge in [-0.15, -0.1) is 0 Å². The molecule has 0 saturated heterocycles. The zero-order valence-electron chi connectivity index (χ0n) is 10.3. The van der Waals surface area contributed by atoms with Crippen LogP contribution in [0, 0.1) is 0 Å². The van der Waals surface area contributed by atoms with Crippen LogP contribution in [0.15, 0.2) is 24.3 Å². The van der Waals surface area contributed by atoms with Crippen molar-refractivity contribution in [2.75, 3.05) is 19.7 Å². The number of amides is 2. The van der Waals surface area contributed by atoms with Crippen molar-refractivity contribution >= 4 is 11.8 Å². The Labute approximate surface area is 112 Å². The zero-order valence-corrected chi connectivity index (χ0v) is 10.3. The van der Waals surface area contributed by atoms with Gasteiger partial charge >= 0.3 is 6.18 Å². The molecule has 1 aromatic carbocycles. The summed E-state index contributed by atoms with van der Waals surface area (Å²) in [6, 6.07) is 3.65. The minimum absolute atomic E-state index is 0.0213. The molecule has 5 nitrogen and oxygen atoms in total. The molecule has 20 heavy (non-hydrogen) atoms. The van der Waals surface area contributed by atoms with Gasteiger partial charge in [0, 0.05) is 12.1 Å². The van der Waals surface area contributed by atoms with Crippen molar-refractivity contribution in [1.82, 2.24) is 10.6 Å². The summed E-state index contributed by atoms with van der Waals surface area (Å²) in [7, 11) is 0. The Morgan fingerprint density at radius 3 is 2.20 bits per heavy atom. The van der Waals surface area contributed by atoms with Gasteiger partial charge in [0.2, 0.25) is 5.91 Å². The molecule has 0 saturated carbocycles.